The molecule has 2 nitrogen and oxygen atoms in total. The van der Waals surface area contributed by atoms with E-state index in [0.29, 0.717) is 0 Å². The van der Waals surface area contributed by atoms with Crippen molar-refractivity contribution >= 4 is 45.0 Å². The summed E-state index contributed by atoms with van der Waals surface area (Å²) < 4.78 is 0. The van der Waals surface area contributed by atoms with E-state index in [0.717, 1.165) is 16.6 Å². The number of nitrogens with two attached hydrogens (primary N) is 1. The van der Waals surface area contributed by atoms with Crippen LogP contribution in [0.25, 0.3) is 10.9 Å². The molecule has 1 aromatic heterocycles. The van der Waals surface area contributed by atoms with Crippen LogP contribution in [0.15, 0.2) is 36.5 Å². The summed E-state index contributed by atoms with van der Waals surface area (Å²) in [6.45, 7) is 0. The molecule has 0 fully saturated rings. The van der Waals surface area contributed by atoms with Crippen molar-refractivity contribution in [1.29, 1.82) is 0 Å². The second kappa shape index (κ2) is 6.38. The summed E-state index contributed by atoms with van der Waals surface area (Å²) in [5.74, 6) is 0. The Morgan fingerprint density at radius 3 is 2.43 bits per heavy atom. The molecule has 2 rings (SSSR count). The number of pyridine rings is 1. The van der Waals surface area contributed by atoms with Gasteiger partial charge in [0, 0.05) is 11.6 Å². The zero-order valence-corrected chi connectivity index (χ0v) is 11.2. The Morgan fingerprint density at radius 2 is 1.79 bits per heavy atom. The molecular formula is C9H8Br2N2Ni. The Balaban J connectivity index is 0.000000293. The quantitative estimate of drug-likeness (QED) is 0.575. The summed E-state index contributed by atoms with van der Waals surface area (Å²) in [4.78, 5) is 4.16. The number of benzene rings is 1. The minimum absolute atomic E-state index is 0.739. The van der Waals surface area contributed by atoms with Gasteiger partial charge < -0.3 is 5.73 Å². The molecule has 0 bridgehead atoms. The van der Waals surface area contributed by atoms with Gasteiger partial charge in [0.25, 0.3) is 0 Å². The van der Waals surface area contributed by atoms with Gasteiger partial charge in [0.2, 0.25) is 0 Å². The molecule has 2 N–H and O–H groups in total. The Kier molecular flexibility index (Phi) is 5.45. The molecule has 1 heterocycles. The molecule has 0 radical (unpaired) electrons. The van der Waals surface area contributed by atoms with Gasteiger partial charge in [-0.15, -0.1) is 0 Å². The zero-order valence-electron chi connectivity index (χ0n) is 7.06. The van der Waals surface area contributed by atoms with Crippen molar-refractivity contribution in [3.05, 3.63) is 36.5 Å². The summed E-state index contributed by atoms with van der Waals surface area (Å²) in [6.07, 6.45) is 1.75. The van der Waals surface area contributed by atoms with Crippen LogP contribution in [0.4, 0.5) is 5.69 Å². The number of fused-ring (bicyclic) bond motifs is 1. The van der Waals surface area contributed by atoms with E-state index in [1.165, 1.54) is 10.9 Å². The molecule has 5 heteroatoms. The predicted molar refractivity (Wildman–Crippen MR) is 64.0 cm³/mol. The number of hydrogen-bond acceptors (Lipinski definition) is 2. The summed E-state index contributed by atoms with van der Waals surface area (Å²) in [5, 5.41) is 1.09. The first-order chi connectivity index (χ1) is 6.79. The Hall–Kier alpha value is -0.116. The van der Waals surface area contributed by atoms with Crippen molar-refractivity contribution < 1.29 is 10.9 Å². The van der Waals surface area contributed by atoms with E-state index in [9.17, 15) is 0 Å². The third kappa shape index (κ3) is 3.23. The predicted octanol–water partition coefficient (Wildman–Crippen LogP) is 3.51. The fraction of sp³-hybridized carbons (Fsp3) is 0. The van der Waals surface area contributed by atoms with E-state index in [-0.39, 0.29) is 0 Å². The van der Waals surface area contributed by atoms with Crippen LogP contribution in [0.2, 0.25) is 0 Å². The standard InChI is InChI=1S/C9H8N2.2BrH.Ni/c10-8-5-1-3-7-4-2-6-11-9(7)8;;;/h1-6H,10H2;2*1H;/q;;;+2/p-2. The van der Waals surface area contributed by atoms with Gasteiger partial charge in [-0.2, -0.15) is 0 Å². The molecule has 0 aliphatic carbocycles. The second-order valence-electron chi connectivity index (χ2n) is 2.47. The number of nitrogen functional groups attached to an aromatic ring is 1. The van der Waals surface area contributed by atoms with Crippen LogP contribution in [0.3, 0.4) is 0 Å². The minimum atomic E-state index is 0.739. The number of para-hydroxylation sites is 1. The molecule has 0 saturated heterocycles. The average molecular weight is 363 g/mol. The first-order valence-corrected chi connectivity index (χ1v) is 8.59. The normalized spacial score (nSPS) is 9.57. The van der Waals surface area contributed by atoms with Crippen LogP contribution in [0, 0.1) is 0 Å². The van der Waals surface area contributed by atoms with Crippen LogP contribution < -0.4 is 5.73 Å². The maximum absolute atomic E-state index is 5.69. The molecule has 0 amide bonds. The summed E-state index contributed by atoms with van der Waals surface area (Å²) in [5.41, 5.74) is 7.32. The number of aromatic nitrogens is 1. The Morgan fingerprint density at radius 1 is 1.14 bits per heavy atom. The molecule has 1 aromatic carbocycles. The molecule has 0 aliphatic heterocycles. The molecular weight excluding hydrogens is 355 g/mol. The van der Waals surface area contributed by atoms with Gasteiger partial charge in [-0.3, -0.25) is 4.98 Å². The molecule has 14 heavy (non-hydrogen) atoms. The van der Waals surface area contributed by atoms with Gasteiger partial charge in [0.1, 0.15) is 0 Å². The molecule has 78 valence electrons. The number of rotatable bonds is 0. The van der Waals surface area contributed by atoms with Crippen molar-refractivity contribution in [2.45, 2.75) is 0 Å². The first kappa shape index (κ1) is 12.0. The van der Waals surface area contributed by atoms with Crippen LogP contribution in [-0.4, -0.2) is 4.98 Å². The van der Waals surface area contributed by atoms with E-state index in [1.54, 1.807) is 6.20 Å². The summed E-state index contributed by atoms with van der Waals surface area (Å²) >= 11 is 6.00. The van der Waals surface area contributed by atoms with Gasteiger partial charge >= 0.3 is 39.3 Å². The SMILES string of the molecule is Nc1cccc2cccnc12.[Br][Ni][Br]. The molecule has 0 atom stereocenters. The van der Waals surface area contributed by atoms with E-state index in [1.807, 2.05) is 30.3 Å². The van der Waals surface area contributed by atoms with Crippen LogP contribution in [-0.2, 0) is 10.9 Å². The van der Waals surface area contributed by atoms with Crippen molar-refractivity contribution in [2.75, 3.05) is 5.73 Å². The Labute approximate surface area is 103 Å². The van der Waals surface area contributed by atoms with E-state index in [4.69, 9.17) is 5.73 Å². The summed E-state index contributed by atoms with van der Waals surface area (Å²) in [6, 6.07) is 9.69. The topological polar surface area (TPSA) is 38.9 Å². The number of nitrogens with zero attached hydrogens (tertiary/aromatic N) is 1. The second-order valence-corrected chi connectivity index (χ2v) is 7.45. The zero-order chi connectivity index (χ0) is 10.4. The summed E-state index contributed by atoms with van der Waals surface area (Å²) in [7, 11) is 1.25. The fourth-order valence-corrected chi connectivity index (χ4v) is 1.13. The monoisotopic (exact) mass is 360 g/mol. The molecule has 2 aromatic rings. The maximum atomic E-state index is 5.69. The number of halogens is 2. The number of hydrogen-bond donors (Lipinski definition) is 1. The van der Waals surface area contributed by atoms with Crippen LogP contribution in [0.5, 0.6) is 0 Å². The van der Waals surface area contributed by atoms with Gasteiger partial charge in [-0.05, 0) is 12.1 Å². The van der Waals surface area contributed by atoms with Crippen molar-refractivity contribution in [3.8, 4) is 0 Å². The van der Waals surface area contributed by atoms with Crippen LogP contribution >= 0.6 is 28.5 Å². The van der Waals surface area contributed by atoms with Gasteiger partial charge in [-0.1, -0.05) is 18.2 Å². The molecule has 0 aliphatic rings. The third-order valence-electron chi connectivity index (χ3n) is 1.66. The third-order valence-corrected chi connectivity index (χ3v) is 1.66. The number of anilines is 1. The van der Waals surface area contributed by atoms with Gasteiger partial charge in [0.05, 0.1) is 11.2 Å². The van der Waals surface area contributed by atoms with Crippen molar-refractivity contribution in [1.82, 2.24) is 4.98 Å². The van der Waals surface area contributed by atoms with E-state index in [2.05, 4.69) is 33.4 Å². The van der Waals surface area contributed by atoms with Gasteiger partial charge in [0.15, 0.2) is 0 Å². The van der Waals surface area contributed by atoms with Crippen molar-refractivity contribution in [2.24, 2.45) is 0 Å². The van der Waals surface area contributed by atoms with Crippen LogP contribution in [0.1, 0.15) is 0 Å². The molecule has 0 saturated carbocycles. The molecule has 0 unspecified atom stereocenters. The van der Waals surface area contributed by atoms with E-state index < -0.39 is 0 Å². The first-order valence-electron chi connectivity index (χ1n) is 3.71. The molecule has 0 spiro atoms. The van der Waals surface area contributed by atoms with Gasteiger partial charge in [-0.25, -0.2) is 0 Å². The average Bonchev–Trinajstić information content (AvgIpc) is 2.20. The van der Waals surface area contributed by atoms with Crippen molar-refractivity contribution in [3.63, 3.8) is 0 Å². The fourth-order valence-electron chi connectivity index (χ4n) is 1.13. The van der Waals surface area contributed by atoms with E-state index >= 15 is 0 Å². The Bertz CT molecular complexity index is 403.